The molecule has 0 bridgehead atoms. The summed E-state index contributed by atoms with van der Waals surface area (Å²) < 4.78 is 103. The quantitative estimate of drug-likeness (QED) is 0.161. The normalized spacial score (nSPS) is 14.6. The van der Waals surface area contributed by atoms with Gasteiger partial charge in [-0.25, -0.2) is 0 Å². The number of benzene rings is 3. The molecule has 0 aliphatic heterocycles. The van der Waals surface area contributed by atoms with E-state index in [2.05, 4.69) is 46.3 Å². The summed E-state index contributed by atoms with van der Waals surface area (Å²) in [6, 6.07) is 21.2. The fourth-order valence-corrected chi connectivity index (χ4v) is 6.63. The molecule has 40 heavy (non-hydrogen) atoms. The van der Waals surface area contributed by atoms with Crippen molar-refractivity contribution in [2.45, 2.75) is 84.6 Å². The van der Waals surface area contributed by atoms with Gasteiger partial charge >= 0.3 is 21.5 Å². The fraction of sp³-hybridized carbons (Fsp3) is 0.379. The minimum absolute atomic E-state index is 0.0756. The van der Waals surface area contributed by atoms with E-state index >= 15 is 0 Å². The molecule has 0 radical (unpaired) electrons. The zero-order chi connectivity index (χ0) is 30.3. The van der Waals surface area contributed by atoms with E-state index < -0.39 is 44.3 Å². The van der Waals surface area contributed by atoms with Crippen LogP contribution in [0.15, 0.2) is 87.5 Å². The molecule has 11 heteroatoms. The molecule has 0 aromatic heterocycles. The summed E-state index contributed by atoms with van der Waals surface area (Å²) >= 11 is 0. The maximum atomic E-state index is 14.0. The number of hydrogen-bond acceptors (Lipinski definition) is 3. The Balaban J connectivity index is 2.05. The fourth-order valence-electron chi connectivity index (χ4n) is 3.94. The molecule has 1 unspecified atom stereocenters. The number of thiol groups is 1. The molecule has 0 fully saturated rings. The van der Waals surface area contributed by atoms with Crippen LogP contribution >= 0.6 is 10.9 Å². The Morgan fingerprint density at radius 3 is 1.25 bits per heavy atom. The highest BCUT2D eigenvalue weighted by Crippen LogP contribution is 2.52. The number of ether oxygens (including phenoxy) is 1. The van der Waals surface area contributed by atoms with E-state index in [1.54, 1.807) is 0 Å². The second-order valence-electron chi connectivity index (χ2n) is 11.5. The number of alkyl halides is 5. The van der Waals surface area contributed by atoms with Crippen molar-refractivity contribution >= 4 is 21.0 Å². The Labute approximate surface area is 234 Å². The third kappa shape index (κ3) is 7.16. The van der Waals surface area contributed by atoms with Gasteiger partial charge in [0.05, 0.1) is 0 Å². The largest absolute Gasteiger partial charge is 0.473 e. The van der Waals surface area contributed by atoms with Crippen LogP contribution in [0.25, 0.3) is 0 Å². The first-order valence-electron chi connectivity index (χ1n) is 12.3. The predicted octanol–water partition coefficient (Wildman–Crippen LogP) is 8.55. The predicted molar refractivity (Wildman–Crippen MR) is 147 cm³/mol. The van der Waals surface area contributed by atoms with Crippen molar-refractivity contribution in [1.82, 2.24) is 0 Å². The second kappa shape index (κ2) is 11.0. The molecule has 0 amide bonds. The van der Waals surface area contributed by atoms with Gasteiger partial charge in [0.1, 0.15) is 5.75 Å². The zero-order valence-electron chi connectivity index (χ0n) is 22.9. The van der Waals surface area contributed by atoms with Gasteiger partial charge in [-0.05, 0) is 85.2 Å². The highest BCUT2D eigenvalue weighted by Gasteiger charge is 2.65. The molecule has 4 nitrogen and oxygen atoms in total. The van der Waals surface area contributed by atoms with Crippen molar-refractivity contribution in [2.24, 2.45) is 0 Å². The third-order valence-corrected chi connectivity index (χ3v) is 9.62. The van der Waals surface area contributed by atoms with Crippen LogP contribution in [0, 0.1) is 0 Å². The first-order chi connectivity index (χ1) is 18.1. The molecule has 3 aromatic rings. The van der Waals surface area contributed by atoms with E-state index in [0.717, 1.165) is 33.1 Å². The first-order valence-corrected chi connectivity index (χ1v) is 15.1. The van der Waals surface area contributed by atoms with Crippen LogP contribution in [-0.2, 0) is 20.9 Å². The average Bonchev–Trinajstić information content (AvgIpc) is 2.81. The molecular weight excluding hydrogens is 571 g/mol. The molecule has 0 saturated heterocycles. The van der Waals surface area contributed by atoms with Crippen molar-refractivity contribution < 1.29 is 39.7 Å². The first kappa shape index (κ1) is 31.9. The lowest BCUT2D eigenvalue weighted by atomic mass is 9.87. The van der Waals surface area contributed by atoms with Gasteiger partial charge in [0.25, 0.3) is 6.10 Å². The van der Waals surface area contributed by atoms with Crippen LogP contribution in [0.1, 0.15) is 52.7 Å². The third-order valence-electron chi connectivity index (χ3n) is 6.28. The van der Waals surface area contributed by atoms with Crippen LogP contribution in [0.2, 0.25) is 0 Å². The number of halogens is 5. The van der Waals surface area contributed by atoms with E-state index in [0.29, 0.717) is 4.90 Å². The van der Waals surface area contributed by atoms with Gasteiger partial charge in [-0.15, -0.1) is 0 Å². The van der Waals surface area contributed by atoms with Crippen molar-refractivity contribution in [1.29, 1.82) is 0 Å². The molecule has 3 aromatic carbocycles. The topological polar surface area (TPSA) is 63.6 Å². The molecule has 0 spiro atoms. The Bertz CT molecular complexity index is 1350. The van der Waals surface area contributed by atoms with Crippen molar-refractivity contribution in [2.75, 3.05) is 0 Å². The van der Waals surface area contributed by atoms with Gasteiger partial charge in [-0.1, -0.05) is 65.8 Å². The van der Waals surface area contributed by atoms with Gasteiger partial charge in [0.15, 0.2) is 0 Å². The molecule has 220 valence electrons. The molecular formula is C29H33F5O4S2. The number of hydrogen-bond donors (Lipinski definition) is 2. The molecule has 3 rings (SSSR count). The lowest BCUT2D eigenvalue weighted by Crippen LogP contribution is -2.53. The van der Waals surface area contributed by atoms with Crippen molar-refractivity contribution in [3.05, 3.63) is 83.9 Å². The van der Waals surface area contributed by atoms with Crippen molar-refractivity contribution in [3.8, 4) is 5.75 Å². The Morgan fingerprint density at radius 2 is 0.975 bits per heavy atom. The van der Waals surface area contributed by atoms with E-state index in [-0.39, 0.29) is 10.8 Å². The smallest absolute Gasteiger partial charge is 0.432 e. The molecule has 0 aliphatic rings. The average molecular weight is 605 g/mol. The summed E-state index contributed by atoms with van der Waals surface area (Å²) in [6.07, 6.45) is -9.88. The standard InChI is InChI=1S/C29H33F5O4S2/c1-26(2,3)19-7-13-22(14-8-19)39(23-15-9-20(10-16-23)27(4,5)6)24-17-11-21(12-18-24)38-25(28(30,31)32)29(33,34)40(35,36)37/h7-18,25,39H,1-6H3,(H,35,36,37). The maximum absolute atomic E-state index is 14.0. The summed E-state index contributed by atoms with van der Waals surface area (Å²) in [5.74, 6) is -0.629. The molecule has 1 atom stereocenters. The van der Waals surface area contributed by atoms with Gasteiger partial charge in [-0.2, -0.15) is 41.3 Å². The minimum atomic E-state index is -6.40. The Morgan fingerprint density at radius 1 is 0.650 bits per heavy atom. The van der Waals surface area contributed by atoms with Gasteiger partial charge in [-0.3, -0.25) is 4.55 Å². The monoisotopic (exact) mass is 604 g/mol. The van der Waals surface area contributed by atoms with Gasteiger partial charge < -0.3 is 4.74 Å². The van der Waals surface area contributed by atoms with Gasteiger partial charge in [0, 0.05) is 0 Å². The molecule has 0 aliphatic carbocycles. The van der Waals surface area contributed by atoms with E-state index in [4.69, 9.17) is 4.55 Å². The van der Waals surface area contributed by atoms with Crippen molar-refractivity contribution in [3.63, 3.8) is 0 Å². The highest BCUT2D eigenvalue weighted by atomic mass is 32.2. The summed E-state index contributed by atoms with van der Waals surface area (Å²) in [4.78, 5) is 2.64. The second-order valence-corrected chi connectivity index (χ2v) is 15.2. The van der Waals surface area contributed by atoms with Crippen LogP contribution in [0.5, 0.6) is 5.75 Å². The lowest BCUT2D eigenvalue weighted by Gasteiger charge is -2.28. The van der Waals surface area contributed by atoms with E-state index in [9.17, 15) is 30.4 Å². The summed E-state index contributed by atoms with van der Waals surface area (Å²) in [6.45, 7) is 12.6. The van der Waals surface area contributed by atoms with Gasteiger partial charge in [0.2, 0.25) is 0 Å². The summed E-state index contributed by atoms with van der Waals surface area (Å²) in [5, 5.41) is -5.61. The summed E-state index contributed by atoms with van der Waals surface area (Å²) in [5.41, 5.74) is 2.09. The Hall–Kier alpha value is -2.63. The SMILES string of the molecule is CC(C)(C)c1ccc([SH](c2ccc(OC(C(F)(F)F)C(F)(F)S(=O)(=O)O)cc2)c2ccc(C(C)(C)C)cc2)cc1. The molecule has 0 saturated carbocycles. The number of rotatable bonds is 7. The van der Waals surface area contributed by atoms with Crippen LogP contribution in [0.3, 0.4) is 0 Å². The maximum Gasteiger partial charge on any atom is 0.432 e. The lowest BCUT2D eigenvalue weighted by molar-refractivity contribution is -0.239. The van der Waals surface area contributed by atoms with Crippen LogP contribution < -0.4 is 4.74 Å². The van der Waals surface area contributed by atoms with E-state index in [1.165, 1.54) is 12.1 Å². The minimum Gasteiger partial charge on any atom is -0.473 e. The van der Waals surface area contributed by atoms with E-state index in [1.807, 2.05) is 48.5 Å². The Kier molecular flexibility index (Phi) is 8.76. The zero-order valence-corrected chi connectivity index (χ0v) is 24.6. The van der Waals surface area contributed by atoms with Crippen LogP contribution in [0.4, 0.5) is 22.0 Å². The molecule has 1 N–H and O–H groups in total. The summed E-state index contributed by atoms with van der Waals surface area (Å²) in [7, 11) is -7.60. The molecule has 0 heterocycles. The highest BCUT2D eigenvalue weighted by molar-refractivity contribution is 8.17. The van der Waals surface area contributed by atoms with Crippen LogP contribution in [-0.4, -0.2) is 30.5 Å².